The van der Waals surface area contributed by atoms with Crippen LogP contribution in [0.3, 0.4) is 0 Å². The second kappa shape index (κ2) is 11.7. The minimum absolute atomic E-state index is 0. The fourth-order valence-electron chi connectivity index (χ4n) is 3.37. The number of anilines is 1. The molecular formula is C26H35N3O3. The van der Waals surface area contributed by atoms with Crippen molar-refractivity contribution in [1.82, 2.24) is 5.32 Å². The molecule has 0 bridgehead atoms. The summed E-state index contributed by atoms with van der Waals surface area (Å²) in [5.41, 5.74) is 8.66. The van der Waals surface area contributed by atoms with Crippen molar-refractivity contribution in [2.45, 2.75) is 53.1 Å². The van der Waals surface area contributed by atoms with E-state index in [4.69, 9.17) is 5.73 Å². The van der Waals surface area contributed by atoms with Crippen molar-refractivity contribution in [3.63, 3.8) is 0 Å². The fraction of sp³-hybridized carbons (Fsp3) is 0.346. The van der Waals surface area contributed by atoms with Crippen molar-refractivity contribution < 1.29 is 17.2 Å². The number of fused-ring (bicyclic) bond motifs is 2. The molecule has 6 nitrogen and oxygen atoms in total. The summed E-state index contributed by atoms with van der Waals surface area (Å²) in [4.78, 5) is 38.6. The maximum absolute atomic E-state index is 13.1. The van der Waals surface area contributed by atoms with Crippen LogP contribution in [0.5, 0.6) is 0 Å². The number of benzene rings is 2. The zero-order valence-corrected chi connectivity index (χ0v) is 19.1. The van der Waals surface area contributed by atoms with Gasteiger partial charge in [-0.25, -0.2) is 0 Å². The lowest BCUT2D eigenvalue weighted by molar-refractivity contribution is -0.129. The molecule has 32 heavy (non-hydrogen) atoms. The number of amides is 3. The minimum atomic E-state index is -0.753. The molecule has 0 spiro atoms. The first kappa shape index (κ1) is 24.7. The molecule has 0 radical (unpaired) electrons. The maximum Gasteiger partial charge on any atom is 0.240 e. The lowest BCUT2D eigenvalue weighted by Gasteiger charge is -2.26. The van der Waals surface area contributed by atoms with Gasteiger partial charge in [0.1, 0.15) is 6.04 Å². The summed E-state index contributed by atoms with van der Waals surface area (Å²) in [6, 6.07) is 14.4. The predicted octanol–water partition coefficient (Wildman–Crippen LogP) is 3.86. The third-order valence-electron chi connectivity index (χ3n) is 5.03. The van der Waals surface area contributed by atoms with E-state index in [0.29, 0.717) is 6.54 Å². The standard InChI is InChI=1S/C24H25N3O3.C2H6.2H2/c1-16(2)23(24(25)30)26-21(28)13-14-22(29)27-15-19-9-4-3-7-17(19)11-12-18-8-5-6-10-20(18)27;1-2;;/h3-10,16,23H,13-15H2,1-2H3,(H2,25,30)(H,26,28);1-2H3;2*1H/t23-;;;/m0.../s1. The van der Waals surface area contributed by atoms with Gasteiger partial charge in [-0.1, -0.05) is 69.9 Å². The van der Waals surface area contributed by atoms with E-state index in [-0.39, 0.29) is 33.4 Å². The molecule has 0 saturated heterocycles. The minimum Gasteiger partial charge on any atom is -0.368 e. The van der Waals surface area contributed by atoms with Crippen molar-refractivity contribution in [3.8, 4) is 11.8 Å². The Bertz CT molecular complexity index is 1040. The quantitative estimate of drug-likeness (QED) is 0.672. The molecule has 1 aliphatic heterocycles. The van der Waals surface area contributed by atoms with E-state index in [1.807, 2.05) is 62.4 Å². The lowest BCUT2D eigenvalue weighted by Crippen LogP contribution is -2.47. The number of para-hydroxylation sites is 1. The fourth-order valence-corrected chi connectivity index (χ4v) is 3.37. The van der Waals surface area contributed by atoms with Gasteiger partial charge in [0, 0.05) is 26.8 Å². The van der Waals surface area contributed by atoms with E-state index < -0.39 is 11.9 Å². The molecule has 1 aliphatic rings. The van der Waals surface area contributed by atoms with Crippen LogP contribution in [0.15, 0.2) is 48.5 Å². The van der Waals surface area contributed by atoms with Crippen LogP contribution in [0.1, 0.15) is 60.1 Å². The van der Waals surface area contributed by atoms with Gasteiger partial charge in [-0.2, -0.15) is 0 Å². The highest BCUT2D eigenvalue weighted by Crippen LogP contribution is 2.26. The van der Waals surface area contributed by atoms with Gasteiger partial charge in [0.05, 0.1) is 12.2 Å². The monoisotopic (exact) mass is 437 g/mol. The zero-order chi connectivity index (χ0) is 23.7. The number of nitrogens with one attached hydrogen (secondary N) is 1. The number of hydrogen-bond donors (Lipinski definition) is 2. The molecule has 0 aromatic heterocycles. The van der Waals surface area contributed by atoms with Crippen LogP contribution in [0, 0.1) is 17.8 Å². The van der Waals surface area contributed by atoms with Gasteiger partial charge >= 0.3 is 0 Å². The molecule has 0 fully saturated rings. The van der Waals surface area contributed by atoms with E-state index in [9.17, 15) is 14.4 Å². The highest BCUT2D eigenvalue weighted by molar-refractivity contribution is 5.97. The third kappa shape index (κ3) is 6.21. The molecule has 1 atom stereocenters. The van der Waals surface area contributed by atoms with Crippen molar-refractivity contribution in [3.05, 3.63) is 65.2 Å². The van der Waals surface area contributed by atoms with Crippen molar-refractivity contribution in [2.24, 2.45) is 11.7 Å². The topological polar surface area (TPSA) is 92.5 Å². The van der Waals surface area contributed by atoms with E-state index in [2.05, 4.69) is 17.2 Å². The normalized spacial score (nSPS) is 12.5. The molecule has 0 unspecified atom stereocenters. The Labute approximate surface area is 193 Å². The second-order valence-electron chi connectivity index (χ2n) is 7.60. The van der Waals surface area contributed by atoms with Crippen LogP contribution in [-0.2, 0) is 20.9 Å². The van der Waals surface area contributed by atoms with E-state index in [1.54, 1.807) is 18.7 Å². The summed E-state index contributed by atoms with van der Waals surface area (Å²) in [5.74, 6) is 5.06. The highest BCUT2D eigenvalue weighted by Gasteiger charge is 2.24. The SMILES string of the molecule is CC.CC(C)[C@H](NC(=O)CCC(=O)N1Cc2ccccc2C#Cc2ccccc21)C(N)=O.[HH].[HH]. The number of hydrogen-bond acceptors (Lipinski definition) is 3. The zero-order valence-electron chi connectivity index (χ0n) is 19.1. The Morgan fingerprint density at radius 3 is 2.25 bits per heavy atom. The number of carbonyl (C=O) groups is 3. The van der Waals surface area contributed by atoms with Crippen LogP contribution >= 0.6 is 0 Å². The lowest BCUT2D eigenvalue weighted by atomic mass is 10.0. The van der Waals surface area contributed by atoms with Crippen LogP contribution in [0.4, 0.5) is 5.69 Å². The Morgan fingerprint density at radius 1 is 1.00 bits per heavy atom. The number of nitrogens with two attached hydrogens (primary N) is 1. The Hall–Kier alpha value is -3.59. The van der Waals surface area contributed by atoms with Crippen LogP contribution in [-0.4, -0.2) is 23.8 Å². The second-order valence-corrected chi connectivity index (χ2v) is 7.60. The summed E-state index contributed by atoms with van der Waals surface area (Å²) in [6.07, 6.45) is -0.0132. The summed E-state index contributed by atoms with van der Waals surface area (Å²) in [7, 11) is 0. The molecule has 3 amide bonds. The van der Waals surface area contributed by atoms with Crippen LogP contribution in [0.25, 0.3) is 0 Å². The third-order valence-corrected chi connectivity index (χ3v) is 5.03. The van der Waals surface area contributed by atoms with Gasteiger partial charge in [-0.05, 0) is 29.7 Å². The molecule has 3 rings (SSSR count). The Kier molecular flexibility index (Phi) is 9.03. The Balaban J connectivity index is 0.00000265. The van der Waals surface area contributed by atoms with Gasteiger partial charge in [-0.3, -0.25) is 14.4 Å². The highest BCUT2D eigenvalue weighted by atomic mass is 16.2. The molecule has 2 aromatic rings. The molecule has 0 aliphatic carbocycles. The van der Waals surface area contributed by atoms with Crippen molar-refractivity contribution in [1.29, 1.82) is 0 Å². The average Bonchev–Trinajstić information content (AvgIpc) is 2.78. The van der Waals surface area contributed by atoms with Gasteiger partial charge in [0.25, 0.3) is 0 Å². The van der Waals surface area contributed by atoms with Crippen molar-refractivity contribution in [2.75, 3.05) is 4.90 Å². The van der Waals surface area contributed by atoms with Gasteiger partial charge in [0.2, 0.25) is 17.7 Å². The number of carbonyl (C=O) groups excluding carboxylic acids is 3. The number of primary amides is 1. The molecule has 2 aromatic carbocycles. The molecule has 3 N–H and O–H groups in total. The summed E-state index contributed by atoms with van der Waals surface area (Å²) >= 11 is 0. The first-order chi connectivity index (χ1) is 15.4. The van der Waals surface area contributed by atoms with Gasteiger partial charge in [-0.15, -0.1) is 0 Å². The summed E-state index contributed by atoms with van der Waals surface area (Å²) in [5, 5.41) is 2.62. The van der Waals surface area contributed by atoms with E-state index >= 15 is 0 Å². The number of rotatable bonds is 6. The molecule has 1 heterocycles. The van der Waals surface area contributed by atoms with E-state index in [1.165, 1.54) is 0 Å². The maximum atomic E-state index is 13.1. The Morgan fingerprint density at radius 2 is 1.59 bits per heavy atom. The molecular weight excluding hydrogens is 402 g/mol. The predicted molar refractivity (Wildman–Crippen MR) is 131 cm³/mol. The smallest absolute Gasteiger partial charge is 0.240 e. The molecule has 172 valence electrons. The van der Waals surface area contributed by atoms with Crippen molar-refractivity contribution >= 4 is 23.4 Å². The summed E-state index contributed by atoms with van der Waals surface area (Å²) in [6.45, 7) is 7.98. The first-order valence-corrected chi connectivity index (χ1v) is 10.9. The van der Waals surface area contributed by atoms with Gasteiger partial charge < -0.3 is 16.0 Å². The van der Waals surface area contributed by atoms with Crippen LogP contribution in [0.2, 0.25) is 0 Å². The van der Waals surface area contributed by atoms with Crippen LogP contribution < -0.4 is 16.0 Å². The average molecular weight is 438 g/mol. The first-order valence-electron chi connectivity index (χ1n) is 10.9. The molecule has 0 saturated carbocycles. The number of nitrogens with zero attached hydrogens (tertiary/aromatic N) is 1. The van der Waals surface area contributed by atoms with Gasteiger partial charge in [0.15, 0.2) is 0 Å². The molecule has 6 heteroatoms. The van der Waals surface area contributed by atoms with E-state index in [0.717, 1.165) is 22.4 Å². The largest absolute Gasteiger partial charge is 0.368 e. The summed E-state index contributed by atoms with van der Waals surface area (Å²) < 4.78 is 0.